The first-order valence-corrected chi connectivity index (χ1v) is 9.58. The molecule has 3 rings (SSSR count). The molecule has 1 fully saturated rings. The molecule has 0 aliphatic carbocycles. The molecule has 0 spiro atoms. The van der Waals surface area contributed by atoms with Gasteiger partial charge in [-0.15, -0.1) is 0 Å². The summed E-state index contributed by atoms with van der Waals surface area (Å²) in [7, 11) is -5.40. The molecule has 0 unspecified atom stereocenters. The second kappa shape index (κ2) is 7.13. The van der Waals surface area contributed by atoms with E-state index in [0.717, 1.165) is 0 Å². The Morgan fingerprint density at radius 3 is 2.37 bits per heavy atom. The number of nitrogens with zero attached hydrogens (tertiary/aromatic N) is 3. The lowest BCUT2D eigenvalue weighted by atomic mass is 10.1. The number of benzene rings is 1. The summed E-state index contributed by atoms with van der Waals surface area (Å²) < 4.78 is 61.2. The number of carbonyl (C=O) groups is 1. The van der Waals surface area contributed by atoms with Crippen LogP contribution in [0, 0.1) is 0 Å². The Balaban J connectivity index is 1.77. The van der Waals surface area contributed by atoms with Crippen LogP contribution in [0.15, 0.2) is 30.5 Å². The quantitative estimate of drug-likeness (QED) is 0.822. The van der Waals surface area contributed by atoms with Crippen LogP contribution in [-0.2, 0) is 10.0 Å². The first-order chi connectivity index (χ1) is 12.6. The molecule has 0 bridgehead atoms. The van der Waals surface area contributed by atoms with Crippen molar-refractivity contribution < 1.29 is 26.4 Å². The van der Waals surface area contributed by atoms with Crippen molar-refractivity contribution in [3.8, 4) is 11.3 Å². The first-order valence-electron chi connectivity index (χ1n) is 7.77. The van der Waals surface area contributed by atoms with Gasteiger partial charge in [-0.3, -0.25) is 9.89 Å². The molecule has 12 heteroatoms. The molecule has 146 valence electrons. The third kappa shape index (κ3) is 3.66. The second-order valence-electron chi connectivity index (χ2n) is 5.78. The van der Waals surface area contributed by atoms with Crippen LogP contribution < -0.4 is 0 Å². The summed E-state index contributed by atoms with van der Waals surface area (Å²) in [6.07, 6.45) is 1.31. The summed E-state index contributed by atoms with van der Waals surface area (Å²) in [5.74, 6) is -0.470. The second-order valence-corrected chi connectivity index (χ2v) is 8.12. The molecule has 2 aromatic rings. The van der Waals surface area contributed by atoms with E-state index in [0.29, 0.717) is 20.6 Å². The van der Waals surface area contributed by atoms with Gasteiger partial charge >= 0.3 is 15.5 Å². The van der Waals surface area contributed by atoms with E-state index in [2.05, 4.69) is 10.2 Å². The zero-order chi connectivity index (χ0) is 19.8. The van der Waals surface area contributed by atoms with E-state index in [1.54, 1.807) is 24.3 Å². The van der Waals surface area contributed by atoms with E-state index in [1.807, 2.05) is 0 Å². The molecule has 1 amide bonds. The fraction of sp³-hybridized carbons (Fsp3) is 0.333. The molecule has 1 saturated heterocycles. The number of nitrogens with one attached hydrogen (secondary N) is 1. The van der Waals surface area contributed by atoms with E-state index < -0.39 is 34.5 Å². The predicted octanol–water partition coefficient (Wildman–Crippen LogP) is 2.34. The van der Waals surface area contributed by atoms with Crippen LogP contribution in [0.2, 0.25) is 5.02 Å². The van der Waals surface area contributed by atoms with E-state index in [1.165, 1.54) is 11.1 Å². The minimum atomic E-state index is -5.40. The van der Waals surface area contributed by atoms with Crippen LogP contribution >= 0.6 is 11.6 Å². The van der Waals surface area contributed by atoms with Gasteiger partial charge in [-0.25, -0.2) is 8.42 Å². The molecular weight excluding hydrogens is 409 g/mol. The lowest BCUT2D eigenvalue weighted by molar-refractivity contribution is -0.0497. The highest BCUT2D eigenvalue weighted by Crippen LogP contribution is 2.30. The van der Waals surface area contributed by atoms with Crippen molar-refractivity contribution in [2.75, 3.05) is 26.2 Å². The van der Waals surface area contributed by atoms with Gasteiger partial charge in [0.1, 0.15) is 0 Å². The fourth-order valence-electron chi connectivity index (χ4n) is 2.77. The lowest BCUT2D eigenvalue weighted by Gasteiger charge is -2.34. The summed E-state index contributed by atoms with van der Waals surface area (Å²) in [6, 6.07) is 6.80. The van der Waals surface area contributed by atoms with Crippen molar-refractivity contribution in [3.63, 3.8) is 0 Å². The molecule has 0 atom stereocenters. The van der Waals surface area contributed by atoms with Gasteiger partial charge in [-0.05, 0) is 6.07 Å². The predicted molar refractivity (Wildman–Crippen MR) is 91.5 cm³/mol. The highest BCUT2D eigenvalue weighted by Gasteiger charge is 2.50. The van der Waals surface area contributed by atoms with Crippen molar-refractivity contribution in [1.82, 2.24) is 19.4 Å². The minimum absolute atomic E-state index is 0.165. The number of halogens is 4. The van der Waals surface area contributed by atoms with Gasteiger partial charge < -0.3 is 4.90 Å². The molecule has 1 aliphatic rings. The maximum Gasteiger partial charge on any atom is 0.511 e. The van der Waals surface area contributed by atoms with Crippen LogP contribution in [0.1, 0.15) is 10.4 Å². The maximum absolute atomic E-state index is 12.8. The number of aromatic amines is 1. The molecule has 7 nitrogen and oxygen atoms in total. The largest absolute Gasteiger partial charge is 0.511 e. The number of hydrogen-bond acceptors (Lipinski definition) is 4. The van der Waals surface area contributed by atoms with Crippen molar-refractivity contribution >= 4 is 27.5 Å². The van der Waals surface area contributed by atoms with Gasteiger partial charge in [0, 0.05) is 36.8 Å². The molecule has 1 aliphatic heterocycles. The van der Waals surface area contributed by atoms with E-state index in [9.17, 15) is 26.4 Å². The highest BCUT2D eigenvalue weighted by atomic mass is 35.5. The monoisotopic (exact) mass is 422 g/mol. The smallest absolute Gasteiger partial charge is 0.336 e. The lowest BCUT2D eigenvalue weighted by Crippen LogP contribution is -2.53. The summed E-state index contributed by atoms with van der Waals surface area (Å²) in [6.45, 7) is -1.21. The van der Waals surface area contributed by atoms with E-state index in [4.69, 9.17) is 11.6 Å². The number of carbonyl (C=O) groups excluding carboxylic acids is 1. The highest BCUT2D eigenvalue weighted by molar-refractivity contribution is 7.90. The van der Waals surface area contributed by atoms with Crippen LogP contribution in [0.5, 0.6) is 0 Å². The average molecular weight is 423 g/mol. The van der Waals surface area contributed by atoms with E-state index in [-0.39, 0.29) is 18.7 Å². The van der Waals surface area contributed by atoms with Crippen LogP contribution in [0.25, 0.3) is 11.3 Å². The molecule has 27 heavy (non-hydrogen) atoms. The zero-order valence-electron chi connectivity index (χ0n) is 13.7. The number of H-pyrrole nitrogens is 1. The summed E-state index contributed by atoms with van der Waals surface area (Å²) in [4.78, 5) is 14.0. The summed E-state index contributed by atoms with van der Waals surface area (Å²) in [5.41, 5.74) is -4.22. The summed E-state index contributed by atoms with van der Waals surface area (Å²) >= 11 is 6.14. The Morgan fingerprint density at radius 1 is 1.15 bits per heavy atom. The number of piperazine rings is 1. The molecular formula is C15H14ClF3N4O3S. The Kier molecular flexibility index (Phi) is 5.19. The standard InChI is InChI=1S/C15H14ClF3N4O3S/c16-12-4-2-1-3-10(12)13-11(9-20-21-13)14(24)22-5-7-23(8-6-22)27(25,26)15(17,18)19/h1-4,9H,5-8H2,(H,20,21). The molecule has 1 N–H and O–H groups in total. The fourth-order valence-corrected chi connectivity index (χ4v) is 3.93. The van der Waals surface area contributed by atoms with Crippen LogP contribution in [-0.4, -0.2) is 65.4 Å². The van der Waals surface area contributed by atoms with Crippen molar-refractivity contribution in [3.05, 3.63) is 41.0 Å². The first kappa shape index (κ1) is 19.6. The molecule has 0 radical (unpaired) electrons. The van der Waals surface area contributed by atoms with Crippen LogP contribution in [0.3, 0.4) is 0 Å². The number of alkyl halides is 3. The van der Waals surface area contributed by atoms with Gasteiger partial charge in [0.15, 0.2) is 0 Å². The Bertz CT molecular complexity index is 953. The number of rotatable bonds is 3. The van der Waals surface area contributed by atoms with E-state index >= 15 is 0 Å². The van der Waals surface area contributed by atoms with Gasteiger partial charge in [0.05, 0.1) is 17.5 Å². The topological polar surface area (TPSA) is 86.4 Å². The molecule has 2 heterocycles. The average Bonchev–Trinajstić information content (AvgIpc) is 3.10. The summed E-state index contributed by atoms with van der Waals surface area (Å²) in [5, 5.41) is 6.95. The van der Waals surface area contributed by atoms with Crippen molar-refractivity contribution in [1.29, 1.82) is 0 Å². The SMILES string of the molecule is O=C(c1cn[nH]c1-c1ccccc1Cl)N1CCN(S(=O)(=O)C(F)(F)F)CC1. The van der Waals surface area contributed by atoms with Gasteiger partial charge in [0.2, 0.25) is 0 Å². The third-order valence-electron chi connectivity index (χ3n) is 4.17. The number of amides is 1. The Morgan fingerprint density at radius 2 is 1.78 bits per heavy atom. The molecule has 1 aromatic heterocycles. The Hall–Kier alpha value is -2.11. The number of aromatic nitrogens is 2. The van der Waals surface area contributed by atoms with Crippen molar-refractivity contribution in [2.45, 2.75) is 5.51 Å². The van der Waals surface area contributed by atoms with Crippen molar-refractivity contribution in [2.24, 2.45) is 0 Å². The zero-order valence-corrected chi connectivity index (χ0v) is 15.3. The van der Waals surface area contributed by atoms with Gasteiger partial charge in [-0.1, -0.05) is 29.8 Å². The Labute approximate surface area is 157 Å². The minimum Gasteiger partial charge on any atom is -0.336 e. The maximum atomic E-state index is 12.8. The van der Waals surface area contributed by atoms with Gasteiger partial charge in [-0.2, -0.15) is 22.6 Å². The normalized spacial score (nSPS) is 16.5. The number of sulfonamides is 1. The van der Waals surface area contributed by atoms with Gasteiger partial charge in [0.25, 0.3) is 5.91 Å². The number of hydrogen-bond donors (Lipinski definition) is 1. The molecule has 1 aromatic carbocycles. The molecule has 0 saturated carbocycles. The van der Waals surface area contributed by atoms with Crippen LogP contribution in [0.4, 0.5) is 13.2 Å². The third-order valence-corrected chi connectivity index (χ3v) is 6.13.